The lowest BCUT2D eigenvalue weighted by Crippen LogP contribution is -2.45. The van der Waals surface area contributed by atoms with Crippen LogP contribution in [0.15, 0.2) is 36.5 Å². The van der Waals surface area contributed by atoms with Crippen LogP contribution in [0.2, 0.25) is 0 Å². The largest absolute Gasteiger partial charge is 0.394 e. The van der Waals surface area contributed by atoms with Crippen LogP contribution in [-0.4, -0.2) is 34.9 Å². The highest BCUT2D eigenvalue weighted by Gasteiger charge is 2.17. The van der Waals surface area contributed by atoms with Crippen molar-refractivity contribution in [2.75, 3.05) is 6.61 Å². The molecule has 0 rings (SSSR count). The van der Waals surface area contributed by atoms with E-state index in [1.54, 1.807) is 6.08 Å². The molecule has 0 aliphatic heterocycles. The average Bonchev–Trinajstić information content (AvgIpc) is 3.04. The Bertz CT molecular complexity index is 686. The molecule has 0 bridgehead atoms. The van der Waals surface area contributed by atoms with Crippen LogP contribution in [0.4, 0.5) is 0 Å². The number of carbonyl (C=O) groups excluding carboxylic acids is 1. The van der Waals surface area contributed by atoms with Crippen molar-refractivity contribution in [1.82, 2.24) is 5.32 Å². The molecule has 2 unspecified atom stereocenters. The third kappa shape index (κ3) is 33.8. The molecule has 0 aliphatic rings. The quantitative estimate of drug-likeness (QED) is 0.0481. The van der Waals surface area contributed by atoms with E-state index >= 15 is 0 Å². The van der Waals surface area contributed by atoms with Crippen LogP contribution in [0.25, 0.3) is 0 Å². The van der Waals surface area contributed by atoms with Crippen molar-refractivity contribution in [3.63, 3.8) is 0 Å². The van der Waals surface area contributed by atoms with E-state index in [9.17, 15) is 15.0 Å². The molecule has 0 spiro atoms. The zero-order valence-electron chi connectivity index (χ0n) is 30.1. The third-order valence-electron chi connectivity index (χ3n) is 8.87. The van der Waals surface area contributed by atoms with Gasteiger partial charge in [-0.1, -0.05) is 179 Å². The molecule has 0 heterocycles. The van der Waals surface area contributed by atoms with E-state index in [-0.39, 0.29) is 12.5 Å². The fourth-order valence-electron chi connectivity index (χ4n) is 5.80. The molecule has 4 heteroatoms. The highest BCUT2D eigenvalue weighted by molar-refractivity contribution is 5.76. The average molecular weight is 632 g/mol. The number of unbranched alkanes of at least 4 members (excludes halogenated alkanes) is 24. The summed E-state index contributed by atoms with van der Waals surface area (Å²) in [6, 6.07) is -0.622. The lowest BCUT2D eigenvalue weighted by atomic mass is 10.0. The van der Waals surface area contributed by atoms with Crippen molar-refractivity contribution >= 4 is 5.91 Å². The number of amides is 1. The van der Waals surface area contributed by atoms with E-state index < -0.39 is 12.1 Å². The van der Waals surface area contributed by atoms with Gasteiger partial charge >= 0.3 is 0 Å². The molecule has 4 nitrogen and oxygen atoms in total. The Labute approximate surface area is 281 Å². The van der Waals surface area contributed by atoms with E-state index in [4.69, 9.17) is 0 Å². The molecule has 0 radical (unpaired) electrons. The highest BCUT2D eigenvalue weighted by atomic mass is 16.3. The second-order valence-electron chi connectivity index (χ2n) is 13.3. The van der Waals surface area contributed by atoms with Gasteiger partial charge in [0.2, 0.25) is 5.91 Å². The third-order valence-corrected chi connectivity index (χ3v) is 8.87. The molecule has 264 valence electrons. The molecule has 45 heavy (non-hydrogen) atoms. The molecule has 0 saturated carbocycles. The van der Waals surface area contributed by atoms with Gasteiger partial charge in [0, 0.05) is 6.42 Å². The molecule has 0 aliphatic carbocycles. The van der Waals surface area contributed by atoms with E-state index in [1.807, 2.05) is 6.08 Å². The van der Waals surface area contributed by atoms with Crippen LogP contribution >= 0.6 is 0 Å². The number of hydrogen-bond donors (Lipinski definition) is 3. The molecular weight excluding hydrogens is 554 g/mol. The Kier molecular flexibility index (Phi) is 35.9. The smallest absolute Gasteiger partial charge is 0.220 e. The minimum absolute atomic E-state index is 0.0699. The highest BCUT2D eigenvalue weighted by Crippen LogP contribution is 2.14. The van der Waals surface area contributed by atoms with Crippen molar-refractivity contribution in [2.45, 2.75) is 212 Å². The van der Waals surface area contributed by atoms with E-state index in [1.165, 1.54) is 148 Å². The number of hydrogen-bond acceptors (Lipinski definition) is 3. The van der Waals surface area contributed by atoms with Gasteiger partial charge in [-0.25, -0.2) is 0 Å². The van der Waals surface area contributed by atoms with Crippen molar-refractivity contribution in [1.29, 1.82) is 0 Å². The van der Waals surface area contributed by atoms with Crippen LogP contribution in [0, 0.1) is 0 Å². The molecule has 2 atom stereocenters. The van der Waals surface area contributed by atoms with Crippen molar-refractivity contribution in [3.05, 3.63) is 36.5 Å². The minimum atomic E-state index is -0.838. The SMILES string of the molecule is CCCCC/C=C\C/C=C\CCCCCCCCCCCC(=O)NC(CO)C(O)/C=C/CCCCCCCCCCCCCC. The molecule has 0 aromatic heterocycles. The van der Waals surface area contributed by atoms with E-state index in [0.29, 0.717) is 6.42 Å². The standard InChI is InChI=1S/C41H77NO3/c1-3-5-7-9-11-13-15-17-19-20-21-22-23-25-27-29-31-33-35-37-41(45)42-39(38-43)40(44)36-34-32-30-28-26-24-18-16-14-12-10-8-6-4-2/h11,13,17,19,34,36,39-40,43-44H,3-10,12,14-16,18,20-33,35,37-38H2,1-2H3,(H,42,45)/b13-11-,19-17-,36-34+. The van der Waals surface area contributed by atoms with Gasteiger partial charge in [0.05, 0.1) is 18.8 Å². The zero-order chi connectivity index (χ0) is 32.9. The second-order valence-corrected chi connectivity index (χ2v) is 13.3. The van der Waals surface area contributed by atoms with Gasteiger partial charge in [-0.2, -0.15) is 0 Å². The van der Waals surface area contributed by atoms with Gasteiger partial charge in [-0.05, 0) is 51.4 Å². The van der Waals surface area contributed by atoms with E-state index in [2.05, 4.69) is 43.5 Å². The predicted molar refractivity (Wildman–Crippen MR) is 198 cm³/mol. The lowest BCUT2D eigenvalue weighted by molar-refractivity contribution is -0.123. The summed E-state index contributed by atoms with van der Waals surface area (Å²) in [4.78, 5) is 12.3. The van der Waals surface area contributed by atoms with Crippen LogP contribution in [0.1, 0.15) is 200 Å². The fraction of sp³-hybridized carbons (Fsp3) is 0.829. The Hall–Kier alpha value is -1.39. The van der Waals surface area contributed by atoms with Crippen molar-refractivity contribution in [3.8, 4) is 0 Å². The molecule has 0 fully saturated rings. The molecule has 3 N–H and O–H groups in total. The minimum Gasteiger partial charge on any atom is -0.394 e. The first-order chi connectivity index (χ1) is 22.2. The zero-order valence-corrected chi connectivity index (χ0v) is 30.1. The molecule has 0 aromatic carbocycles. The summed E-state index contributed by atoms with van der Waals surface area (Å²) in [6.07, 6.45) is 48.0. The molecule has 0 aromatic rings. The first-order valence-corrected chi connectivity index (χ1v) is 19.7. The van der Waals surface area contributed by atoms with Gasteiger partial charge < -0.3 is 15.5 Å². The first-order valence-electron chi connectivity index (χ1n) is 19.7. The van der Waals surface area contributed by atoms with Gasteiger partial charge in [0.15, 0.2) is 0 Å². The maximum Gasteiger partial charge on any atom is 0.220 e. The number of allylic oxidation sites excluding steroid dienone is 5. The van der Waals surface area contributed by atoms with Crippen molar-refractivity contribution in [2.24, 2.45) is 0 Å². The van der Waals surface area contributed by atoms with Crippen LogP contribution in [-0.2, 0) is 4.79 Å². The Morgan fingerprint density at radius 1 is 0.533 bits per heavy atom. The summed E-state index contributed by atoms with van der Waals surface area (Å²) in [5, 5.41) is 22.9. The van der Waals surface area contributed by atoms with E-state index in [0.717, 1.165) is 32.1 Å². The number of aliphatic hydroxyl groups excluding tert-OH is 2. The molecular formula is C41H77NO3. The lowest BCUT2D eigenvalue weighted by Gasteiger charge is -2.20. The van der Waals surface area contributed by atoms with Crippen LogP contribution in [0.3, 0.4) is 0 Å². The first kappa shape index (κ1) is 43.6. The summed E-state index contributed by atoms with van der Waals surface area (Å²) in [7, 11) is 0. The van der Waals surface area contributed by atoms with Crippen molar-refractivity contribution < 1.29 is 15.0 Å². The van der Waals surface area contributed by atoms with Gasteiger partial charge in [0.25, 0.3) is 0 Å². The van der Waals surface area contributed by atoms with Gasteiger partial charge in [-0.15, -0.1) is 0 Å². The monoisotopic (exact) mass is 632 g/mol. The van der Waals surface area contributed by atoms with Crippen LogP contribution < -0.4 is 5.32 Å². The second kappa shape index (κ2) is 37.1. The normalized spacial score (nSPS) is 13.4. The summed E-state index contributed by atoms with van der Waals surface area (Å²) < 4.78 is 0. The maximum absolute atomic E-state index is 12.3. The summed E-state index contributed by atoms with van der Waals surface area (Å²) >= 11 is 0. The maximum atomic E-state index is 12.3. The predicted octanol–water partition coefficient (Wildman–Crippen LogP) is 11.8. The molecule has 0 saturated heterocycles. The number of carbonyl (C=O) groups is 1. The number of nitrogens with one attached hydrogen (secondary N) is 1. The number of aliphatic hydroxyl groups is 2. The van der Waals surface area contributed by atoms with Gasteiger partial charge in [0.1, 0.15) is 0 Å². The topological polar surface area (TPSA) is 69.6 Å². The Balaban J connectivity index is 3.61. The fourth-order valence-corrected chi connectivity index (χ4v) is 5.80. The molecule has 1 amide bonds. The summed E-state index contributed by atoms with van der Waals surface area (Å²) in [5.41, 5.74) is 0. The number of rotatable bonds is 35. The van der Waals surface area contributed by atoms with Crippen LogP contribution in [0.5, 0.6) is 0 Å². The Morgan fingerprint density at radius 2 is 0.911 bits per heavy atom. The summed E-state index contributed by atoms with van der Waals surface area (Å²) in [5.74, 6) is -0.0699. The Morgan fingerprint density at radius 3 is 1.38 bits per heavy atom. The summed E-state index contributed by atoms with van der Waals surface area (Å²) in [6.45, 7) is 4.27. The van der Waals surface area contributed by atoms with Gasteiger partial charge in [-0.3, -0.25) is 4.79 Å².